The van der Waals surface area contributed by atoms with Gasteiger partial charge in [0.05, 0.1) is 0 Å². The van der Waals surface area contributed by atoms with E-state index in [2.05, 4.69) is 31.9 Å². The minimum Gasteiger partial charge on any atom is -0.211 e. The summed E-state index contributed by atoms with van der Waals surface area (Å²) < 4.78 is 44.5. The molecule has 7 heteroatoms. The second-order valence-electron chi connectivity index (χ2n) is 1.76. The Morgan fingerprint density at radius 2 is 1.27 bits per heavy atom. The van der Waals surface area contributed by atoms with Crippen LogP contribution >= 0.6 is 43.6 Å². The zero-order valence-corrected chi connectivity index (χ0v) is 8.66. The smallest absolute Gasteiger partial charge is 0.211 e. The summed E-state index contributed by atoms with van der Waals surface area (Å²) in [4.78, 5) is 0. The van der Waals surface area contributed by atoms with Gasteiger partial charge in [-0.3, -0.25) is 0 Å². The van der Waals surface area contributed by atoms with Gasteiger partial charge in [0.25, 0.3) is 7.82 Å². The topological polar surface area (TPSA) is 0 Å². The molecular weight excluding hydrogens is 316 g/mol. The first-order valence-electron chi connectivity index (χ1n) is 2.29. The molecule has 0 aromatic rings. The lowest BCUT2D eigenvalue weighted by Gasteiger charge is -2.11. The maximum Gasteiger partial charge on any atom is 0.268 e. The van der Waals surface area contributed by atoms with Gasteiger partial charge >= 0.3 is 0 Å². The van der Waals surface area contributed by atoms with Gasteiger partial charge in [0.2, 0.25) is 0 Å². The number of halogens is 6. The van der Waals surface area contributed by atoms with Gasteiger partial charge in [-0.25, -0.2) is 17.6 Å². The van der Waals surface area contributed by atoms with Gasteiger partial charge in [0.1, 0.15) is 0 Å². The summed E-state index contributed by atoms with van der Waals surface area (Å²) in [5, 5.41) is 0. The van der Waals surface area contributed by atoms with Crippen LogP contribution in [0.1, 0.15) is 0 Å². The zero-order chi connectivity index (χ0) is 8.86. The summed E-state index contributed by atoms with van der Waals surface area (Å²) in [6.45, 7) is 0. The van der Waals surface area contributed by atoms with E-state index in [9.17, 15) is 17.6 Å². The molecule has 0 aliphatic carbocycles. The number of thioether (sulfide) groups is 1. The van der Waals surface area contributed by atoms with E-state index in [1.807, 2.05) is 0 Å². The van der Waals surface area contributed by atoms with Crippen molar-refractivity contribution in [3.8, 4) is 0 Å². The van der Waals surface area contributed by atoms with E-state index in [4.69, 9.17) is 0 Å². The molecule has 0 unspecified atom stereocenters. The van der Waals surface area contributed by atoms with Crippen LogP contribution in [0, 0.1) is 0 Å². The van der Waals surface area contributed by atoms with E-state index < -0.39 is 19.5 Å². The zero-order valence-electron chi connectivity index (χ0n) is 4.68. The third-order valence-electron chi connectivity index (χ3n) is 0.960. The molecule has 2 atom stereocenters. The largest absolute Gasteiger partial charge is 0.268 e. The molecule has 0 fully saturated rings. The molecule has 0 saturated heterocycles. The Balaban J connectivity index is 3.09. The number of hydrogen-bond donors (Lipinski definition) is 0. The number of alkyl halides is 4. The van der Waals surface area contributed by atoms with Crippen molar-refractivity contribution >= 4 is 43.6 Å². The van der Waals surface area contributed by atoms with Gasteiger partial charge in [-0.1, -0.05) is 0 Å². The molecule has 0 aromatic heterocycles. The van der Waals surface area contributed by atoms with Gasteiger partial charge in [-0.15, -0.1) is 0 Å². The molecule has 0 spiro atoms. The highest BCUT2D eigenvalue weighted by Gasteiger charge is 2.56. The van der Waals surface area contributed by atoms with Crippen molar-refractivity contribution in [2.45, 2.75) is 7.82 Å². The van der Waals surface area contributed by atoms with Crippen molar-refractivity contribution < 1.29 is 17.6 Å². The Morgan fingerprint density at radius 3 is 1.36 bits per heavy atom. The molecule has 1 rings (SSSR count). The van der Waals surface area contributed by atoms with Crippen LogP contribution in [-0.2, 0) is 0 Å². The first-order valence-corrected chi connectivity index (χ1v) is 4.69. The van der Waals surface area contributed by atoms with Gasteiger partial charge in [0.15, 0.2) is 11.7 Å². The summed E-state index contributed by atoms with van der Waals surface area (Å²) in [5.41, 5.74) is 0. The van der Waals surface area contributed by atoms with E-state index in [-0.39, 0.29) is 11.8 Å². The minimum absolute atomic E-state index is 0.183. The number of rotatable bonds is 0. The summed E-state index contributed by atoms with van der Waals surface area (Å²) in [7, 11) is 0. The molecule has 0 bridgehead atoms. The lowest BCUT2D eigenvalue weighted by molar-refractivity contribution is 0.364. The Bertz CT molecular complexity index is 202. The highest BCUT2D eigenvalue weighted by Crippen LogP contribution is 2.62. The second-order valence-corrected chi connectivity index (χ2v) is 6.33. The van der Waals surface area contributed by atoms with E-state index >= 15 is 0 Å². The first kappa shape index (κ1) is 9.85. The Kier molecular flexibility index (Phi) is 2.36. The van der Waals surface area contributed by atoms with Crippen molar-refractivity contribution in [2.75, 3.05) is 0 Å². The first-order chi connectivity index (χ1) is 4.77. The van der Waals surface area contributed by atoms with E-state index in [1.165, 1.54) is 0 Å². The van der Waals surface area contributed by atoms with Gasteiger partial charge in [-0.05, 0) is 43.6 Å². The Morgan fingerprint density at radius 1 is 1.00 bits per heavy atom. The van der Waals surface area contributed by atoms with Crippen LogP contribution in [0.25, 0.3) is 0 Å². The average Bonchev–Trinajstić information content (AvgIpc) is 1.91. The van der Waals surface area contributed by atoms with E-state index in [0.717, 1.165) is 0 Å². The third kappa shape index (κ3) is 1.60. The second kappa shape index (κ2) is 2.63. The van der Waals surface area contributed by atoms with Crippen molar-refractivity contribution in [1.82, 2.24) is 0 Å². The van der Waals surface area contributed by atoms with Crippen LogP contribution in [0.2, 0.25) is 0 Å². The highest BCUT2D eigenvalue weighted by atomic mass is 79.9. The molecule has 0 saturated carbocycles. The van der Waals surface area contributed by atoms with Crippen LogP contribution in [0.4, 0.5) is 17.6 Å². The molecule has 1 aliphatic rings. The molecule has 0 radical (unpaired) electrons. The molecule has 0 nitrogen and oxygen atoms in total. The number of hydrogen-bond acceptors (Lipinski definition) is 1. The molecule has 64 valence electrons. The lowest BCUT2D eigenvalue weighted by atomic mass is 10.5. The summed E-state index contributed by atoms with van der Waals surface area (Å²) in [5.74, 6) is -3.55. The van der Waals surface area contributed by atoms with Crippen LogP contribution < -0.4 is 0 Å². The molecule has 1 aliphatic heterocycles. The van der Waals surface area contributed by atoms with Gasteiger partial charge in [0, 0.05) is 0 Å². The third-order valence-corrected chi connectivity index (χ3v) is 3.50. The van der Waals surface area contributed by atoms with Crippen molar-refractivity contribution in [3.63, 3.8) is 0 Å². The fourth-order valence-electron chi connectivity index (χ4n) is 0.506. The quantitative estimate of drug-likeness (QED) is 0.482. The van der Waals surface area contributed by atoms with Crippen LogP contribution in [0.3, 0.4) is 0 Å². The standard InChI is InChI=1S/C4Br2F4S/c5-3(9)1(7)2(8)4(6,10)11-3/t3-,4-/m1/s1. The van der Waals surface area contributed by atoms with E-state index in [0.29, 0.717) is 0 Å². The molecule has 1 heterocycles. The molecule has 0 amide bonds. The summed E-state index contributed by atoms with van der Waals surface area (Å²) >= 11 is 4.17. The maximum absolute atomic E-state index is 12.7. The van der Waals surface area contributed by atoms with E-state index in [1.54, 1.807) is 0 Å². The predicted octanol–water partition coefficient (Wildman–Crippen LogP) is 3.92. The molecular formula is C4Br2F4S. The average molecular weight is 316 g/mol. The highest BCUT2D eigenvalue weighted by molar-refractivity contribution is 9.14. The van der Waals surface area contributed by atoms with Crippen LogP contribution in [-0.4, -0.2) is 7.82 Å². The summed E-state index contributed by atoms with van der Waals surface area (Å²) in [6.07, 6.45) is 0. The molecule has 0 N–H and O–H groups in total. The maximum atomic E-state index is 12.7. The predicted molar refractivity (Wildman–Crippen MR) is 42.4 cm³/mol. The Hall–Kier alpha value is 0.770. The van der Waals surface area contributed by atoms with Crippen LogP contribution in [0.5, 0.6) is 0 Å². The molecule has 11 heavy (non-hydrogen) atoms. The van der Waals surface area contributed by atoms with Crippen LogP contribution in [0.15, 0.2) is 11.7 Å². The lowest BCUT2D eigenvalue weighted by Crippen LogP contribution is -2.07. The summed E-state index contributed by atoms with van der Waals surface area (Å²) in [6, 6.07) is 0. The molecule has 0 aromatic carbocycles. The van der Waals surface area contributed by atoms with Gasteiger partial charge in [-0.2, -0.15) is 0 Å². The monoisotopic (exact) mass is 314 g/mol. The van der Waals surface area contributed by atoms with Gasteiger partial charge < -0.3 is 0 Å². The van der Waals surface area contributed by atoms with Crippen molar-refractivity contribution in [2.24, 2.45) is 0 Å². The Labute approximate surface area is 80.7 Å². The minimum atomic E-state index is -2.80. The SMILES string of the molecule is FC1=C(F)[C@](F)(Br)S[C@@]1(F)Br. The van der Waals surface area contributed by atoms with Crippen molar-refractivity contribution in [3.05, 3.63) is 11.7 Å². The normalized spacial score (nSPS) is 45.3. The van der Waals surface area contributed by atoms with Crippen molar-refractivity contribution in [1.29, 1.82) is 0 Å². The fraction of sp³-hybridized carbons (Fsp3) is 0.500. The fourth-order valence-corrected chi connectivity index (χ4v) is 3.52.